The molecule has 1 aliphatic rings. The molecule has 1 atom stereocenters. The van der Waals surface area contributed by atoms with Gasteiger partial charge in [0, 0.05) is 13.1 Å². The number of aliphatic imine (C=N–C) groups is 1. The lowest BCUT2D eigenvalue weighted by atomic mass is 10.2. The van der Waals surface area contributed by atoms with Crippen molar-refractivity contribution in [1.82, 2.24) is 20.3 Å². The molecular formula is C21H22N6O2. The van der Waals surface area contributed by atoms with Crippen LogP contribution in [0.25, 0.3) is 11.0 Å². The van der Waals surface area contributed by atoms with E-state index in [4.69, 9.17) is 0 Å². The average molecular weight is 390 g/mol. The number of hydrazine groups is 1. The first-order chi connectivity index (χ1) is 14.0. The zero-order valence-electron chi connectivity index (χ0n) is 16.3. The van der Waals surface area contributed by atoms with Gasteiger partial charge in [0.2, 0.25) is 5.84 Å². The Bertz CT molecular complexity index is 1090. The summed E-state index contributed by atoms with van der Waals surface area (Å²) in [6.45, 7) is 4.61. The molecule has 0 saturated heterocycles. The van der Waals surface area contributed by atoms with Crippen molar-refractivity contribution in [3.63, 3.8) is 0 Å². The fourth-order valence-electron chi connectivity index (χ4n) is 3.35. The molecule has 1 aliphatic heterocycles. The molecule has 3 aromatic rings. The molecule has 0 fully saturated rings. The molecule has 2 aromatic carbocycles. The van der Waals surface area contributed by atoms with Gasteiger partial charge in [0.15, 0.2) is 0 Å². The number of nitrogens with one attached hydrogen (secondary N) is 2. The van der Waals surface area contributed by atoms with Gasteiger partial charge >= 0.3 is 0 Å². The fraction of sp³-hybridized carbons (Fsp3) is 0.238. The highest BCUT2D eigenvalue weighted by molar-refractivity contribution is 6.39. The first-order valence-electron chi connectivity index (χ1n) is 9.48. The molecule has 2 amide bonds. The maximum atomic E-state index is 12.6. The number of carbonyl (C=O) groups is 2. The molecule has 2 N–H and O–H groups in total. The number of hydrogen-bond donors (Lipinski definition) is 2. The van der Waals surface area contributed by atoms with E-state index in [0.29, 0.717) is 18.8 Å². The van der Waals surface area contributed by atoms with E-state index in [1.54, 1.807) is 19.1 Å². The van der Waals surface area contributed by atoms with E-state index in [1.165, 1.54) is 5.01 Å². The van der Waals surface area contributed by atoms with E-state index in [-0.39, 0.29) is 17.6 Å². The Kier molecular flexibility index (Phi) is 4.99. The zero-order chi connectivity index (χ0) is 20.4. The number of carbonyl (C=O) groups excluding carboxylic acids is 2. The summed E-state index contributed by atoms with van der Waals surface area (Å²) in [5.41, 5.74) is 5.45. The summed E-state index contributed by atoms with van der Waals surface area (Å²) >= 11 is 0. The van der Waals surface area contributed by atoms with Crippen molar-refractivity contribution in [3.05, 3.63) is 60.4 Å². The quantitative estimate of drug-likeness (QED) is 0.695. The number of anilines is 1. The van der Waals surface area contributed by atoms with E-state index < -0.39 is 6.04 Å². The largest absolute Gasteiger partial charge is 0.348 e. The number of nitrogens with zero attached hydrogens (tertiary/aromatic N) is 4. The smallest absolute Gasteiger partial charge is 0.288 e. The van der Waals surface area contributed by atoms with Gasteiger partial charge in [0.1, 0.15) is 11.9 Å². The number of benzene rings is 2. The number of amides is 2. The Labute approximate surface area is 168 Å². The minimum absolute atomic E-state index is 0.119. The Hall–Kier alpha value is -3.68. The van der Waals surface area contributed by atoms with Gasteiger partial charge in [-0.2, -0.15) is 0 Å². The van der Waals surface area contributed by atoms with Crippen LogP contribution in [0.5, 0.6) is 0 Å². The summed E-state index contributed by atoms with van der Waals surface area (Å²) in [5, 5.41) is 4.23. The number of fused-ring (bicyclic) bond motifs is 1. The van der Waals surface area contributed by atoms with Gasteiger partial charge in [-0.05, 0) is 38.1 Å². The van der Waals surface area contributed by atoms with E-state index >= 15 is 0 Å². The second-order valence-electron chi connectivity index (χ2n) is 6.83. The lowest BCUT2D eigenvalue weighted by molar-refractivity contribution is -0.120. The van der Waals surface area contributed by atoms with E-state index in [1.807, 2.05) is 49.4 Å². The van der Waals surface area contributed by atoms with Crippen molar-refractivity contribution in [2.45, 2.75) is 26.4 Å². The molecule has 1 aromatic heterocycles. The number of aryl methyl sites for hydroxylation is 1. The number of hydrogen-bond acceptors (Lipinski definition) is 5. The second-order valence-corrected chi connectivity index (χ2v) is 6.83. The van der Waals surface area contributed by atoms with Gasteiger partial charge in [-0.25, -0.2) is 15.0 Å². The maximum absolute atomic E-state index is 12.6. The second kappa shape index (κ2) is 7.75. The fourth-order valence-corrected chi connectivity index (χ4v) is 3.35. The van der Waals surface area contributed by atoms with Crippen LogP contribution in [0.15, 0.2) is 59.6 Å². The summed E-state index contributed by atoms with van der Waals surface area (Å²) in [6, 6.07) is 16.4. The first-order valence-corrected chi connectivity index (χ1v) is 9.48. The predicted molar refractivity (Wildman–Crippen MR) is 111 cm³/mol. The molecule has 8 heteroatoms. The van der Waals surface area contributed by atoms with Crippen LogP contribution in [0.2, 0.25) is 0 Å². The van der Waals surface area contributed by atoms with Crippen LogP contribution in [0.1, 0.15) is 12.7 Å². The summed E-state index contributed by atoms with van der Waals surface area (Å²) in [7, 11) is 0. The van der Waals surface area contributed by atoms with Gasteiger partial charge < -0.3 is 9.88 Å². The van der Waals surface area contributed by atoms with Crippen LogP contribution >= 0.6 is 0 Å². The number of para-hydroxylation sites is 3. The summed E-state index contributed by atoms with van der Waals surface area (Å²) in [5.74, 6) is 0.442. The van der Waals surface area contributed by atoms with Crippen LogP contribution in [-0.2, 0) is 16.1 Å². The van der Waals surface area contributed by atoms with Crippen LogP contribution in [-0.4, -0.2) is 39.8 Å². The Morgan fingerprint density at radius 3 is 2.66 bits per heavy atom. The summed E-state index contributed by atoms with van der Waals surface area (Å²) in [4.78, 5) is 33.8. The number of amidine groups is 1. The van der Waals surface area contributed by atoms with E-state index in [2.05, 4.69) is 25.3 Å². The number of rotatable bonds is 5. The van der Waals surface area contributed by atoms with Gasteiger partial charge in [-0.1, -0.05) is 30.3 Å². The monoisotopic (exact) mass is 390 g/mol. The lowest BCUT2D eigenvalue weighted by Gasteiger charge is -2.30. The highest BCUT2D eigenvalue weighted by atomic mass is 16.2. The normalized spacial score (nSPS) is 16.5. The Morgan fingerprint density at radius 1 is 1.14 bits per heavy atom. The highest BCUT2D eigenvalue weighted by Gasteiger charge is 2.30. The van der Waals surface area contributed by atoms with Gasteiger partial charge in [0.25, 0.3) is 11.8 Å². The molecule has 2 heterocycles. The van der Waals surface area contributed by atoms with Crippen molar-refractivity contribution < 1.29 is 9.59 Å². The molecule has 0 saturated carbocycles. The Morgan fingerprint density at radius 2 is 1.86 bits per heavy atom. The van der Waals surface area contributed by atoms with Crippen molar-refractivity contribution in [3.8, 4) is 0 Å². The van der Waals surface area contributed by atoms with Crippen molar-refractivity contribution in [2.75, 3.05) is 11.6 Å². The van der Waals surface area contributed by atoms with Gasteiger partial charge in [-0.15, -0.1) is 0 Å². The first kappa shape index (κ1) is 18.7. The zero-order valence-corrected chi connectivity index (χ0v) is 16.3. The van der Waals surface area contributed by atoms with Crippen LogP contribution in [0, 0.1) is 6.92 Å². The molecule has 0 radical (unpaired) electrons. The predicted octanol–water partition coefficient (Wildman–Crippen LogP) is 1.80. The van der Waals surface area contributed by atoms with E-state index in [9.17, 15) is 9.59 Å². The number of aromatic nitrogens is 2. The average Bonchev–Trinajstić information content (AvgIpc) is 3.05. The molecule has 8 nitrogen and oxygen atoms in total. The van der Waals surface area contributed by atoms with Gasteiger partial charge in [-0.3, -0.25) is 15.0 Å². The molecular weight excluding hydrogens is 368 g/mol. The third-order valence-corrected chi connectivity index (χ3v) is 4.81. The van der Waals surface area contributed by atoms with Crippen molar-refractivity contribution in [2.24, 2.45) is 4.99 Å². The molecule has 0 spiro atoms. The highest BCUT2D eigenvalue weighted by Crippen LogP contribution is 2.16. The summed E-state index contributed by atoms with van der Waals surface area (Å²) < 4.78 is 2.06. The van der Waals surface area contributed by atoms with Crippen LogP contribution in [0.3, 0.4) is 0 Å². The minimum atomic E-state index is -0.642. The van der Waals surface area contributed by atoms with Crippen LogP contribution in [0.4, 0.5) is 5.69 Å². The molecule has 29 heavy (non-hydrogen) atoms. The SMILES string of the molecule is Cc1nc2ccccc2n1CCNC(=O)C1=NC(C)C(=O)N(c2ccccc2)N1. The maximum Gasteiger partial charge on any atom is 0.288 e. The van der Waals surface area contributed by atoms with Crippen molar-refractivity contribution in [1.29, 1.82) is 0 Å². The molecule has 1 unspecified atom stereocenters. The minimum Gasteiger partial charge on any atom is -0.348 e. The third-order valence-electron chi connectivity index (χ3n) is 4.81. The third kappa shape index (κ3) is 3.69. The topological polar surface area (TPSA) is 91.6 Å². The number of imidazole rings is 1. The summed E-state index contributed by atoms with van der Waals surface area (Å²) in [6.07, 6.45) is 0. The molecule has 148 valence electrons. The van der Waals surface area contributed by atoms with Crippen molar-refractivity contribution >= 4 is 34.4 Å². The standard InChI is InChI=1S/C21H22N6O2/c1-14-21(29)27(16-8-4-3-5-9-16)25-19(23-14)20(28)22-12-13-26-15(2)24-17-10-6-7-11-18(17)26/h3-11,14H,12-13H2,1-2H3,(H,22,28)(H,23,25). The Balaban J connectivity index is 1.43. The van der Waals surface area contributed by atoms with Gasteiger partial charge in [0.05, 0.1) is 16.7 Å². The molecule has 0 aliphatic carbocycles. The molecule has 0 bridgehead atoms. The lowest BCUT2D eigenvalue weighted by Crippen LogP contribution is -2.58. The van der Waals surface area contributed by atoms with Crippen LogP contribution < -0.4 is 15.8 Å². The molecule has 4 rings (SSSR count). The van der Waals surface area contributed by atoms with E-state index in [0.717, 1.165) is 16.9 Å².